The number of fused-ring (bicyclic) bond motifs is 1. The van der Waals surface area contributed by atoms with Gasteiger partial charge in [-0.05, 0) is 30.2 Å². The van der Waals surface area contributed by atoms with Crippen molar-refractivity contribution in [1.29, 1.82) is 0 Å². The molecule has 0 spiro atoms. The number of thiophene rings is 1. The van der Waals surface area contributed by atoms with Crippen LogP contribution in [0.15, 0.2) is 23.0 Å². The van der Waals surface area contributed by atoms with Crippen LogP contribution in [0.4, 0.5) is 0 Å². The molecule has 3 rings (SSSR count). The maximum atomic E-state index is 12.2. The van der Waals surface area contributed by atoms with Gasteiger partial charge in [0.05, 0.1) is 26.3 Å². The zero-order chi connectivity index (χ0) is 16.7. The number of aromatic amines is 1. The SMILES string of the molecule is Cc1c(C(=O)[O-])sc2nc(Cc3ccc(Cl)c(Cl)c3)[nH]c(=O)c12.[Na+]. The predicted octanol–water partition coefficient (Wildman–Crippen LogP) is -0.442. The van der Waals surface area contributed by atoms with Gasteiger partial charge in [0.1, 0.15) is 10.7 Å². The van der Waals surface area contributed by atoms with Gasteiger partial charge in [-0.25, -0.2) is 4.98 Å². The van der Waals surface area contributed by atoms with Crippen LogP contribution in [0.25, 0.3) is 10.2 Å². The van der Waals surface area contributed by atoms with Crippen LogP contribution in [-0.2, 0) is 6.42 Å². The van der Waals surface area contributed by atoms with Crippen LogP contribution in [0.1, 0.15) is 26.6 Å². The third-order valence-electron chi connectivity index (χ3n) is 3.39. The van der Waals surface area contributed by atoms with E-state index in [1.165, 1.54) is 0 Å². The van der Waals surface area contributed by atoms with Gasteiger partial charge in [-0.3, -0.25) is 4.79 Å². The number of carboxylic acid groups (broad SMARTS) is 1. The molecule has 5 nitrogen and oxygen atoms in total. The molecule has 0 aliphatic rings. The fourth-order valence-corrected chi connectivity index (χ4v) is 3.67. The minimum Gasteiger partial charge on any atom is -0.544 e. The molecule has 0 saturated carbocycles. The Kier molecular flexibility index (Phi) is 6.12. The molecule has 0 bridgehead atoms. The van der Waals surface area contributed by atoms with Crippen molar-refractivity contribution in [2.24, 2.45) is 0 Å². The van der Waals surface area contributed by atoms with E-state index in [1.54, 1.807) is 25.1 Å². The molecule has 0 radical (unpaired) electrons. The number of carbonyl (C=O) groups is 1. The van der Waals surface area contributed by atoms with Crippen LogP contribution in [0.5, 0.6) is 0 Å². The fraction of sp³-hybridized carbons (Fsp3) is 0.133. The van der Waals surface area contributed by atoms with Crippen molar-refractivity contribution in [2.75, 3.05) is 0 Å². The number of nitrogens with zero attached hydrogens (tertiary/aromatic N) is 1. The van der Waals surface area contributed by atoms with Gasteiger partial charge in [0.15, 0.2) is 0 Å². The number of aryl methyl sites for hydroxylation is 1. The maximum Gasteiger partial charge on any atom is 1.00 e. The van der Waals surface area contributed by atoms with Crippen molar-refractivity contribution in [2.45, 2.75) is 13.3 Å². The minimum atomic E-state index is -1.31. The predicted molar refractivity (Wildman–Crippen MR) is 88.6 cm³/mol. The van der Waals surface area contributed by atoms with Crippen LogP contribution >= 0.6 is 34.5 Å². The summed E-state index contributed by atoms with van der Waals surface area (Å²) >= 11 is 12.8. The van der Waals surface area contributed by atoms with Gasteiger partial charge in [0.25, 0.3) is 5.56 Å². The van der Waals surface area contributed by atoms with E-state index in [0.717, 1.165) is 16.9 Å². The molecular weight excluding hydrogens is 382 g/mol. The monoisotopic (exact) mass is 390 g/mol. The van der Waals surface area contributed by atoms with Crippen LogP contribution in [-0.4, -0.2) is 15.9 Å². The van der Waals surface area contributed by atoms with Gasteiger partial charge in [-0.1, -0.05) is 29.3 Å². The first-order chi connectivity index (χ1) is 10.9. The van der Waals surface area contributed by atoms with Crippen LogP contribution in [0.2, 0.25) is 10.0 Å². The summed E-state index contributed by atoms with van der Waals surface area (Å²) < 4.78 is 0. The van der Waals surface area contributed by atoms with E-state index in [0.29, 0.717) is 32.7 Å². The summed E-state index contributed by atoms with van der Waals surface area (Å²) in [7, 11) is 0. The maximum absolute atomic E-state index is 12.2. The van der Waals surface area contributed by atoms with Crippen molar-refractivity contribution in [3.8, 4) is 0 Å². The zero-order valence-electron chi connectivity index (χ0n) is 12.8. The molecule has 0 atom stereocenters. The first kappa shape index (κ1) is 19.4. The molecule has 3 aromatic rings. The molecular formula is C15H9Cl2N2NaO3S. The number of aromatic carboxylic acids is 1. The number of H-pyrrole nitrogens is 1. The molecule has 2 heterocycles. The fourth-order valence-electron chi connectivity index (χ4n) is 2.31. The quantitative estimate of drug-likeness (QED) is 0.614. The van der Waals surface area contributed by atoms with Crippen LogP contribution < -0.4 is 40.2 Å². The second-order valence-electron chi connectivity index (χ2n) is 4.96. The number of halogens is 2. The molecule has 0 aliphatic carbocycles. The largest absolute Gasteiger partial charge is 1.00 e. The molecule has 9 heteroatoms. The third-order valence-corrected chi connectivity index (χ3v) is 5.30. The van der Waals surface area contributed by atoms with Crippen molar-refractivity contribution < 1.29 is 39.5 Å². The topological polar surface area (TPSA) is 85.9 Å². The summed E-state index contributed by atoms with van der Waals surface area (Å²) in [6.45, 7) is 1.57. The Bertz CT molecular complexity index is 1000. The first-order valence-electron chi connectivity index (χ1n) is 6.54. The zero-order valence-corrected chi connectivity index (χ0v) is 17.1. The third kappa shape index (κ3) is 3.69. The molecule has 0 saturated heterocycles. The van der Waals surface area contributed by atoms with E-state index in [1.807, 2.05) is 0 Å². The number of hydrogen-bond donors (Lipinski definition) is 1. The first-order valence-corrected chi connectivity index (χ1v) is 8.11. The second-order valence-corrected chi connectivity index (χ2v) is 6.78. The van der Waals surface area contributed by atoms with Crippen LogP contribution in [0.3, 0.4) is 0 Å². The molecule has 0 amide bonds. The van der Waals surface area contributed by atoms with Crippen molar-refractivity contribution in [3.05, 3.63) is 60.4 Å². The van der Waals surface area contributed by atoms with Crippen molar-refractivity contribution in [1.82, 2.24) is 9.97 Å². The van der Waals surface area contributed by atoms with E-state index in [4.69, 9.17) is 23.2 Å². The van der Waals surface area contributed by atoms with Gasteiger partial charge < -0.3 is 14.9 Å². The molecule has 2 aromatic heterocycles. The smallest absolute Gasteiger partial charge is 0.544 e. The summed E-state index contributed by atoms with van der Waals surface area (Å²) in [6.07, 6.45) is 0.347. The number of hydrogen-bond acceptors (Lipinski definition) is 5. The average molecular weight is 391 g/mol. The van der Waals surface area contributed by atoms with E-state index >= 15 is 0 Å². The minimum absolute atomic E-state index is 0. The molecule has 0 aliphatic heterocycles. The van der Waals surface area contributed by atoms with E-state index in [9.17, 15) is 14.7 Å². The normalized spacial score (nSPS) is 10.6. The van der Waals surface area contributed by atoms with Gasteiger partial charge in [-0.15, -0.1) is 11.3 Å². The molecule has 24 heavy (non-hydrogen) atoms. The second kappa shape index (κ2) is 7.56. The Morgan fingerprint density at radius 2 is 2.04 bits per heavy atom. The number of carbonyl (C=O) groups excluding carboxylic acids is 1. The Hall–Kier alpha value is -0.890. The van der Waals surface area contributed by atoms with E-state index in [-0.39, 0.29) is 45.4 Å². The Morgan fingerprint density at radius 1 is 1.33 bits per heavy atom. The van der Waals surface area contributed by atoms with Gasteiger partial charge in [0, 0.05) is 6.42 Å². The molecule has 0 unspecified atom stereocenters. The van der Waals surface area contributed by atoms with E-state index in [2.05, 4.69) is 9.97 Å². The molecule has 0 fully saturated rings. The number of carboxylic acids is 1. The summed E-state index contributed by atoms with van der Waals surface area (Å²) in [6, 6.07) is 5.14. The Morgan fingerprint density at radius 3 is 2.67 bits per heavy atom. The molecule has 1 aromatic carbocycles. The number of aromatic nitrogens is 2. The van der Waals surface area contributed by atoms with Crippen molar-refractivity contribution >= 4 is 50.7 Å². The molecule has 1 N–H and O–H groups in total. The van der Waals surface area contributed by atoms with Gasteiger partial charge in [0.2, 0.25) is 0 Å². The van der Waals surface area contributed by atoms with Crippen molar-refractivity contribution in [3.63, 3.8) is 0 Å². The number of benzene rings is 1. The van der Waals surface area contributed by atoms with Crippen LogP contribution in [0, 0.1) is 6.92 Å². The van der Waals surface area contributed by atoms with E-state index < -0.39 is 5.97 Å². The summed E-state index contributed by atoms with van der Waals surface area (Å²) in [5.74, 6) is -0.886. The molecule has 118 valence electrons. The Labute approximate surface area is 172 Å². The number of nitrogens with one attached hydrogen (secondary N) is 1. The van der Waals surface area contributed by atoms with Gasteiger partial charge in [-0.2, -0.15) is 0 Å². The Balaban J connectivity index is 0.00000208. The summed E-state index contributed by atoms with van der Waals surface area (Å²) in [5, 5.41) is 12.2. The number of rotatable bonds is 3. The van der Waals surface area contributed by atoms with Gasteiger partial charge >= 0.3 is 29.6 Å². The summed E-state index contributed by atoms with van der Waals surface area (Å²) in [5.41, 5.74) is 0.835. The average Bonchev–Trinajstić information content (AvgIpc) is 2.80. The standard InChI is InChI=1S/C15H10Cl2N2O3S.Na/c1-6-11-13(20)18-10(19-14(11)23-12(6)15(21)22)5-7-2-3-8(16)9(17)4-7;/h2-4H,5H2,1H3,(H,21,22)(H,18,19,20);/q;+1/p-1. The summed E-state index contributed by atoms with van der Waals surface area (Å²) in [4.78, 5) is 30.7.